The third-order valence-electron chi connectivity index (χ3n) is 3.55. The predicted molar refractivity (Wildman–Crippen MR) is 79.0 cm³/mol. The summed E-state index contributed by atoms with van der Waals surface area (Å²) in [6.07, 6.45) is 2.09. The summed E-state index contributed by atoms with van der Waals surface area (Å²) in [6.45, 7) is 5.63. The number of carbonyl (C=O) groups is 1. The van der Waals surface area contributed by atoms with Gasteiger partial charge in [0.2, 0.25) is 0 Å². The zero-order valence-corrected chi connectivity index (χ0v) is 13.2. The highest BCUT2D eigenvalue weighted by atomic mass is 79.9. The largest absolute Gasteiger partial charge is 0.334 e. The number of thiophene rings is 1. The molecule has 1 aromatic rings. The van der Waals surface area contributed by atoms with Crippen LogP contribution in [0.4, 0.5) is 0 Å². The van der Waals surface area contributed by atoms with Gasteiger partial charge in [0.05, 0.1) is 9.35 Å². The second kappa shape index (κ2) is 5.72. The minimum Gasteiger partial charge on any atom is -0.334 e. The molecule has 3 nitrogen and oxygen atoms in total. The van der Waals surface area contributed by atoms with Gasteiger partial charge < -0.3 is 10.6 Å². The Morgan fingerprint density at radius 1 is 1.67 bits per heavy atom. The monoisotopic (exact) mass is 330 g/mol. The van der Waals surface area contributed by atoms with Crippen molar-refractivity contribution in [2.24, 2.45) is 11.7 Å². The topological polar surface area (TPSA) is 46.3 Å². The zero-order valence-electron chi connectivity index (χ0n) is 10.8. The Morgan fingerprint density at radius 2 is 2.39 bits per heavy atom. The van der Waals surface area contributed by atoms with Gasteiger partial charge in [-0.3, -0.25) is 4.79 Å². The molecule has 0 spiro atoms. The van der Waals surface area contributed by atoms with E-state index >= 15 is 0 Å². The van der Waals surface area contributed by atoms with E-state index in [9.17, 15) is 4.79 Å². The van der Waals surface area contributed by atoms with E-state index in [1.807, 2.05) is 17.9 Å². The summed E-state index contributed by atoms with van der Waals surface area (Å²) in [5.41, 5.74) is 6.59. The van der Waals surface area contributed by atoms with E-state index in [4.69, 9.17) is 5.73 Å². The van der Waals surface area contributed by atoms with E-state index in [1.165, 1.54) is 0 Å². The maximum atomic E-state index is 12.6. The fourth-order valence-electron chi connectivity index (χ4n) is 2.53. The molecule has 0 bridgehead atoms. The number of amides is 1. The Bertz CT molecular complexity index is 446. The van der Waals surface area contributed by atoms with Crippen molar-refractivity contribution in [2.45, 2.75) is 32.7 Å². The smallest absolute Gasteiger partial charge is 0.256 e. The molecule has 100 valence electrons. The van der Waals surface area contributed by atoms with Gasteiger partial charge in [-0.15, -0.1) is 11.3 Å². The van der Waals surface area contributed by atoms with Crippen LogP contribution in [0, 0.1) is 12.8 Å². The molecule has 1 aliphatic heterocycles. The van der Waals surface area contributed by atoms with Crippen molar-refractivity contribution in [1.82, 2.24) is 4.90 Å². The summed E-state index contributed by atoms with van der Waals surface area (Å²) < 4.78 is 0.930. The third kappa shape index (κ3) is 2.78. The molecule has 2 unspecified atom stereocenters. The average molecular weight is 331 g/mol. The van der Waals surface area contributed by atoms with Crippen LogP contribution >= 0.6 is 27.3 Å². The van der Waals surface area contributed by atoms with Gasteiger partial charge in [0.25, 0.3) is 5.91 Å². The lowest BCUT2D eigenvalue weighted by atomic mass is 9.92. The van der Waals surface area contributed by atoms with Crippen molar-refractivity contribution < 1.29 is 4.79 Å². The van der Waals surface area contributed by atoms with Crippen LogP contribution in [0.5, 0.6) is 0 Å². The molecule has 2 rings (SSSR count). The molecule has 2 atom stereocenters. The molecule has 1 amide bonds. The predicted octanol–water partition coefficient (Wildman–Crippen LogP) is 3.02. The van der Waals surface area contributed by atoms with Crippen LogP contribution in [0.3, 0.4) is 0 Å². The number of hydrogen-bond donors (Lipinski definition) is 1. The van der Waals surface area contributed by atoms with Crippen LogP contribution in [0.25, 0.3) is 0 Å². The highest BCUT2D eigenvalue weighted by Crippen LogP contribution is 2.31. The highest BCUT2D eigenvalue weighted by molar-refractivity contribution is 9.11. The molecule has 2 heterocycles. The molecular weight excluding hydrogens is 312 g/mol. The number of aryl methyl sites for hydroxylation is 1. The number of nitrogens with zero attached hydrogens (tertiary/aromatic N) is 1. The van der Waals surface area contributed by atoms with Crippen LogP contribution in [-0.2, 0) is 0 Å². The Hall–Kier alpha value is -0.390. The van der Waals surface area contributed by atoms with Crippen molar-refractivity contribution >= 4 is 33.2 Å². The minimum atomic E-state index is 0.119. The van der Waals surface area contributed by atoms with Crippen molar-refractivity contribution in [3.63, 3.8) is 0 Å². The maximum Gasteiger partial charge on any atom is 0.256 e. The average Bonchev–Trinajstić information content (AvgIpc) is 2.67. The van der Waals surface area contributed by atoms with E-state index in [2.05, 4.69) is 22.9 Å². The number of rotatable bonds is 2. The molecule has 1 aliphatic rings. The zero-order chi connectivity index (χ0) is 13.3. The van der Waals surface area contributed by atoms with E-state index < -0.39 is 0 Å². The van der Waals surface area contributed by atoms with Gasteiger partial charge in [0.15, 0.2) is 0 Å². The van der Waals surface area contributed by atoms with Gasteiger partial charge in [0, 0.05) is 24.0 Å². The summed E-state index contributed by atoms with van der Waals surface area (Å²) in [5, 5.41) is 0. The van der Waals surface area contributed by atoms with Gasteiger partial charge in [-0.2, -0.15) is 0 Å². The molecule has 5 heteroatoms. The SMILES string of the molecule is Cc1cc(C(=O)N2CCC(C)CC2CN)c(Br)s1. The molecule has 2 N–H and O–H groups in total. The van der Waals surface area contributed by atoms with Crippen molar-refractivity contribution in [2.75, 3.05) is 13.1 Å². The normalized spacial score (nSPS) is 24.3. The lowest BCUT2D eigenvalue weighted by molar-refractivity contribution is 0.0573. The first-order chi connectivity index (χ1) is 8.52. The third-order valence-corrected chi connectivity index (χ3v) is 5.30. The van der Waals surface area contributed by atoms with E-state index in [0.717, 1.165) is 33.6 Å². The van der Waals surface area contributed by atoms with Crippen LogP contribution in [-0.4, -0.2) is 29.9 Å². The van der Waals surface area contributed by atoms with Gasteiger partial charge in [0.1, 0.15) is 0 Å². The lowest BCUT2D eigenvalue weighted by Gasteiger charge is -2.38. The number of nitrogens with two attached hydrogens (primary N) is 1. The number of hydrogen-bond acceptors (Lipinski definition) is 3. The Balaban J connectivity index is 2.20. The Kier molecular flexibility index (Phi) is 4.45. The summed E-state index contributed by atoms with van der Waals surface area (Å²) in [4.78, 5) is 15.7. The fourth-order valence-corrected chi connectivity index (χ4v) is 4.29. The molecule has 0 aromatic carbocycles. The summed E-state index contributed by atoms with van der Waals surface area (Å²) in [7, 11) is 0. The minimum absolute atomic E-state index is 0.119. The van der Waals surface area contributed by atoms with Gasteiger partial charge in [-0.05, 0) is 47.7 Å². The molecule has 0 radical (unpaired) electrons. The second-order valence-electron chi connectivity index (χ2n) is 5.06. The molecular formula is C13H19BrN2OS. The maximum absolute atomic E-state index is 12.6. The summed E-state index contributed by atoms with van der Waals surface area (Å²) in [6, 6.07) is 2.15. The molecule has 1 saturated heterocycles. The van der Waals surface area contributed by atoms with E-state index in [0.29, 0.717) is 12.5 Å². The van der Waals surface area contributed by atoms with Crippen LogP contribution < -0.4 is 5.73 Å². The molecule has 0 saturated carbocycles. The molecule has 1 fully saturated rings. The lowest BCUT2D eigenvalue weighted by Crippen LogP contribution is -2.49. The van der Waals surface area contributed by atoms with Crippen LogP contribution in [0.2, 0.25) is 0 Å². The number of likely N-dealkylation sites (tertiary alicyclic amines) is 1. The van der Waals surface area contributed by atoms with Crippen molar-refractivity contribution in [3.05, 3.63) is 20.3 Å². The van der Waals surface area contributed by atoms with E-state index in [-0.39, 0.29) is 11.9 Å². The van der Waals surface area contributed by atoms with Crippen LogP contribution in [0.1, 0.15) is 35.0 Å². The number of halogens is 1. The summed E-state index contributed by atoms with van der Waals surface area (Å²) >= 11 is 5.09. The van der Waals surface area contributed by atoms with Crippen LogP contribution in [0.15, 0.2) is 9.85 Å². The first-order valence-electron chi connectivity index (χ1n) is 6.30. The van der Waals surface area contributed by atoms with E-state index in [1.54, 1.807) is 11.3 Å². The van der Waals surface area contributed by atoms with Gasteiger partial charge in [-0.1, -0.05) is 6.92 Å². The molecule has 0 aliphatic carbocycles. The Morgan fingerprint density at radius 3 is 2.94 bits per heavy atom. The van der Waals surface area contributed by atoms with Crippen molar-refractivity contribution in [3.8, 4) is 0 Å². The molecule has 1 aromatic heterocycles. The fraction of sp³-hybridized carbons (Fsp3) is 0.615. The molecule has 18 heavy (non-hydrogen) atoms. The number of carbonyl (C=O) groups excluding carboxylic acids is 1. The van der Waals surface area contributed by atoms with Crippen molar-refractivity contribution in [1.29, 1.82) is 0 Å². The Labute approximate surface area is 120 Å². The highest BCUT2D eigenvalue weighted by Gasteiger charge is 2.30. The first kappa shape index (κ1) is 14.0. The van der Waals surface area contributed by atoms with Gasteiger partial charge >= 0.3 is 0 Å². The summed E-state index contributed by atoms with van der Waals surface area (Å²) in [5.74, 6) is 0.781. The first-order valence-corrected chi connectivity index (χ1v) is 7.90. The second-order valence-corrected chi connectivity index (χ2v) is 7.64. The van der Waals surface area contributed by atoms with Gasteiger partial charge in [-0.25, -0.2) is 0 Å². The quantitative estimate of drug-likeness (QED) is 0.905. The number of piperidine rings is 1. The standard InChI is InChI=1S/C13H19BrN2OS/c1-8-3-4-16(10(5-8)7-15)13(17)11-6-9(2)18-12(11)14/h6,8,10H,3-5,7,15H2,1-2H3.